The average molecular weight is 232 g/mol. The molecule has 0 heterocycles. The fourth-order valence-corrected chi connectivity index (χ4v) is 1.89. The molecule has 0 aliphatic carbocycles. The summed E-state index contributed by atoms with van der Waals surface area (Å²) in [6, 6.07) is 10.0. The van der Waals surface area contributed by atoms with E-state index in [0.717, 1.165) is 24.8 Å². The third-order valence-electron chi connectivity index (χ3n) is 2.88. The lowest BCUT2D eigenvalue weighted by atomic mass is 9.89. The van der Waals surface area contributed by atoms with Crippen molar-refractivity contribution in [3.05, 3.63) is 35.9 Å². The summed E-state index contributed by atoms with van der Waals surface area (Å²) < 4.78 is 0. The Kier molecular flexibility index (Phi) is 5.40. The highest BCUT2D eigenvalue weighted by atomic mass is 16.1. The van der Waals surface area contributed by atoms with E-state index >= 15 is 0 Å². The zero-order valence-electron chi connectivity index (χ0n) is 11.3. The van der Waals surface area contributed by atoms with E-state index in [-0.39, 0.29) is 0 Å². The van der Waals surface area contributed by atoms with Gasteiger partial charge in [0.25, 0.3) is 0 Å². The van der Waals surface area contributed by atoms with Gasteiger partial charge in [-0.1, -0.05) is 57.5 Å². The molecule has 0 spiro atoms. The lowest BCUT2D eigenvalue weighted by molar-refractivity contribution is -0.118. The Bertz CT molecular complexity index is 332. The van der Waals surface area contributed by atoms with Crippen molar-refractivity contribution < 1.29 is 4.79 Å². The smallest absolute Gasteiger partial charge is 0.137 e. The zero-order chi connectivity index (χ0) is 12.7. The van der Waals surface area contributed by atoms with Crippen molar-refractivity contribution in [3.63, 3.8) is 0 Å². The second kappa shape index (κ2) is 6.58. The Hall–Kier alpha value is -1.11. The van der Waals surface area contributed by atoms with E-state index in [9.17, 15) is 4.79 Å². The molecule has 0 saturated heterocycles. The molecule has 0 atom stereocenters. The molecule has 0 unspecified atom stereocenters. The minimum atomic E-state index is 0.366. The number of hydrogen-bond acceptors (Lipinski definition) is 1. The summed E-state index contributed by atoms with van der Waals surface area (Å²) in [5, 5.41) is 0. The number of rotatable bonds is 6. The highest BCUT2D eigenvalue weighted by Gasteiger charge is 2.10. The van der Waals surface area contributed by atoms with E-state index in [1.165, 1.54) is 6.42 Å². The normalized spacial score (nSPS) is 11.5. The van der Waals surface area contributed by atoms with Crippen LogP contribution in [0.2, 0.25) is 0 Å². The molecule has 0 aliphatic heterocycles. The maximum Gasteiger partial charge on any atom is 0.137 e. The predicted molar refractivity (Wildman–Crippen MR) is 73.1 cm³/mol. The van der Waals surface area contributed by atoms with Crippen molar-refractivity contribution >= 4 is 5.78 Å². The number of benzene rings is 1. The number of ketones is 1. The molecule has 0 bridgehead atoms. The van der Waals surface area contributed by atoms with E-state index in [1.807, 2.05) is 30.3 Å². The number of carbonyl (C=O) groups is 1. The highest BCUT2D eigenvalue weighted by molar-refractivity contribution is 5.80. The molecule has 1 aromatic carbocycles. The minimum Gasteiger partial charge on any atom is -0.299 e. The summed E-state index contributed by atoms with van der Waals surface area (Å²) >= 11 is 0. The fraction of sp³-hybridized carbons (Fsp3) is 0.562. The van der Waals surface area contributed by atoms with Crippen LogP contribution in [-0.4, -0.2) is 5.78 Å². The summed E-state index contributed by atoms with van der Waals surface area (Å²) in [5.41, 5.74) is 1.52. The van der Waals surface area contributed by atoms with Gasteiger partial charge in [0, 0.05) is 12.8 Å². The van der Waals surface area contributed by atoms with Gasteiger partial charge in [0.1, 0.15) is 5.78 Å². The molecule has 0 N–H and O–H groups in total. The van der Waals surface area contributed by atoms with Crippen LogP contribution in [0.4, 0.5) is 0 Å². The molecule has 0 saturated carbocycles. The summed E-state index contributed by atoms with van der Waals surface area (Å²) in [4.78, 5) is 11.7. The molecular formula is C16H24O. The molecule has 0 amide bonds. The molecule has 0 fully saturated rings. The van der Waals surface area contributed by atoms with Gasteiger partial charge in [-0.25, -0.2) is 0 Å². The van der Waals surface area contributed by atoms with Crippen molar-refractivity contribution in [2.24, 2.45) is 5.41 Å². The SMILES string of the molecule is CC(C)(C)CCCCC(=O)Cc1ccccc1. The van der Waals surface area contributed by atoms with E-state index in [2.05, 4.69) is 20.8 Å². The molecule has 1 aromatic rings. The van der Waals surface area contributed by atoms with E-state index in [0.29, 0.717) is 17.6 Å². The summed E-state index contributed by atoms with van der Waals surface area (Å²) in [5.74, 6) is 0.366. The second-order valence-corrected chi connectivity index (χ2v) is 5.97. The van der Waals surface area contributed by atoms with Crippen molar-refractivity contribution in [3.8, 4) is 0 Å². The Morgan fingerprint density at radius 2 is 1.71 bits per heavy atom. The van der Waals surface area contributed by atoms with Gasteiger partial charge in [-0.2, -0.15) is 0 Å². The molecule has 0 aliphatic rings. The maximum absolute atomic E-state index is 11.7. The first-order valence-electron chi connectivity index (χ1n) is 6.53. The number of carbonyl (C=O) groups excluding carboxylic acids is 1. The third kappa shape index (κ3) is 6.93. The zero-order valence-corrected chi connectivity index (χ0v) is 11.3. The topological polar surface area (TPSA) is 17.1 Å². The van der Waals surface area contributed by atoms with Crippen LogP contribution in [0.5, 0.6) is 0 Å². The second-order valence-electron chi connectivity index (χ2n) is 5.97. The van der Waals surface area contributed by atoms with Crippen molar-refractivity contribution in [1.29, 1.82) is 0 Å². The van der Waals surface area contributed by atoms with Gasteiger partial charge in [-0.15, -0.1) is 0 Å². The fourth-order valence-electron chi connectivity index (χ4n) is 1.89. The molecular weight excluding hydrogens is 208 g/mol. The molecule has 1 rings (SSSR count). The molecule has 1 heteroatoms. The van der Waals surface area contributed by atoms with E-state index < -0.39 is 0 Å². The van der Waals surface area contributed by atoms with Crippen LogP contribution in [0.3, 0.4) is 0 Å². The van der Waals surface area contributed by atoms with Gasteiger partial charge in [0.15, 0.2) is 0 Å². The van der Waals surface area contributed by atoms with Crippen molar-refractivity contribution in [2.45, 2.75) is 52.9 Å². The molecule has 0 aromatic heterocycles. The Morgan fingerprint density at radius 1 is 1.06 bits per heavy atom. The first-order chi connectivity index (χ1) is 7.97. The number of unbranched alkanes of at least 4 members (excludes halogenated alkanes) is 1. The van der Waals surface area contributed by atoms with Gasteiger partial charge >= 0.3 is 0 Å². The van der Waals surface area contributed by atoms with Crippen LogP contribution < -0.4 is 0 Å². The van der Waals surface area contributed by atoms with Gasteiger partial charge in [0.05, 0.1) is 0 Å². The lowest BCUT2D eigenvalue weighted by Crippen LogP contribution is -2.06. The first-order valence-corrected chi connectivity index (χ1v) is 6.53. The highest BCUT2D eigenvalue weighted by Crippen LogP contribution is 2.22. The predicted octanol–water partition coefficient (Wildman–Crippen LogP) is 4.40. The Labute approximate surface area is 105 Å². The van der Waals surface area contributed by atoms with Crippen LogP contribution >= 0.6 is 0 Å². The average Bonchev–Trinajstić information content (AvgIpc) is 2.25. The number of hydrogen-bond donors (Lipinski definition) is 0. The lowest BCUT2D eigenvalue weighted by Gasteiger charge is -2.17. The van der Waals surface area contributed by atoms with Crippen LogP contribution in [0.25, 0.3) is 0 Å². The largest absolute Gasteiger partial charge is 0.299 e. The maximum atomic E-state index is 11.7. The molecule has 17 heavy (non-hydrogen) atoms. The van der Waals surface area contributed by atoms with Crippen LogP contribution in [-0.2, 0) is 11.2 Å². The van der Waals surface area contributed by atoms with E-state index in [4.69, 9.17) is 0 Å². The van der Waals surface area contributed by atoms with Gasteiger partial charge in [0.2, 0.25) is 0 Å². The van der Waals surface area contributed by atoms with Crippen molar-refractivity contribution in [1.82, 2.24) is 0 Å². The standard InChI is InChI=1S/C16H24O/c1-16(2,3)12-8-7-11-15(17)13-14-9-5-4-6-10-14/h4-6,9-10H,7-8,11-13H2,1-3H3. The summed E-state index contributed by atoms with van der Waals surface area (Å²) in [7, 11) is 0. The van der Waals surface area contributed by atoms with Crippen LogP contribution in [0.1, 0.15) is 52.0 Å². The Morgan fingerprint density at radius 3 is 2.29 bits per heavy atom. The molecule has 94 valence electrons. The van der Waals surface area contributed by atoms with Crippen molar-refractivity contribution in [2.75, 3.05) is 0 Å². The summed E-state index contributed by atoms with van der Waals surface area (Å²) in [6.07, 6.45) is 4.71. The van der Waals surface area contributed by atoms with Crippen LogP contribution in [0.15, 0.2) is 30.3 Å². The monoisotopic (exact) mass is 232 g/mol. The van der Waals surface area contributed by atoms with E-state index in [1.54, 1.807) is 0 Å². The first kappa shape index (κ1) is 14.0. The van der Waals surface area contributed by atoms with Gasteiger partial charge in [-0.05, 0) is 23.8 Å². The van der Waals surface area contributed by atoms with Gasteiger partial charge in [-0.3, -0.25) is 4.79 Å². The Balaban J connectivity index is 2.18. The summed E-state index contributed by atoms with van der Waals surface area (Å²) in [6.45, 7) is 6.75. The molecule has 0 radical (unpaired) electrons. The minimum absolute atomic E-state index is 0.366. The van der Waals surface area contributed by atoms with Crippen LogP contribution in [0, 0.1) is 5.41 Å². The number of Topliss-reactive ketones (excluding diaryl/α,β-unsaturated/α-hetero) is 1. The molecule has 1 nitrogen and oxygen atoms in total. The third-order valence-corrected chi connectivity index (χ3v) is 2.88. The van der Waals surface area contributed by atoms with Gasteiger partial charge < -0.3 is 0 Å². The quantitative estimate of drug-likeness (QED) is 0.664.